The van der Waals surface area contributed by atoms with Gasteiger partial charge in [0.2, 0.25) is 0 Å². The number of aliphatic hydroxyl groups excluding tert-OH is 2. The first-order valence-electron chi connectivity index (χ1n) is 6.31. The van der Waals surface area contributed by atoms with E-state index in [2.05, 4.69) is 22.6 Å². The number of carboxylic acids is 3. The Morgan fingerprint density at radius 3 is 1.79 bits per heavy atom. The lowest BCUT2D eigenvalue weighted by atomic mass is 9.96. The summed E-state index contributed by atoms with van der Waals surface area (Å²) in [5, 5.41) is 50.2. The molecule has 0 saturated heterocycles. The van der Waals surface area contributed by atoms with E-state index < -0.39 is 42.5 Å². The summed E-state index contributed by atoms with van der Waals surface area (Å²) in [5.74, 6) is -4.69. The number of aromatic amines is 1. The van der Waals surface area contributed by atoms with Gasteiger partial charge >= 0.3 is 17.9 Å². The molecule has 1 rings (SSSR count). The molecule has 0 amide bonds. The highest BCUT2D eigenvalue weighted by atomic mass is 32.1. The predicted octanol–water partition coefficient (Wildman–Crippen LogP) is -1.57. The summed E-state index contributed by atoms with van der Waals surface area (Å²) in [7, 11) is 0. The first-order chi connectivity index (χ1) is 11.1. The van der Waals surface area contributed by atoms with Crippen LogP contribution in [-0.2, 0) is 14.4 Å². The average Bonchev–Trinajstić information content (AvgIpc) is 3.04. The molecular weight excluding hydrogens is 348 g/mol. The highest BCUT2D eigenvalue weighted by Crippen LogP contribution is 2.15. The van der Waals surface area contributed by atoms with Crippen molar-refractivity contribution in [3.8, 4) is 0 Å². The minimum atomic E-state index is -2.74. The van der Waals surface area contributed by atoms with Crippen LogP contribution < -0.4 is 0 Å². The SMILES string of the molecule is O=C(O)CC(O)(CC(=O)O)C(=O)O.OCC(O)CS.c1c[nH]cn1. The third-order valence-electron chi connectivity index (χ3n) is 2.11. The molecule has 0 aromatic carbocycles. The second-order valence-electron chi connectivity index (χ2n) is 4.26. The number of aromatic nitrogens is 2. The van der Waals surface area contributed by atoms with Crippen LogP contribution in [0.15, 0.2) is 18.7 Å². The average molecular weight is 368 g/mol. The maximum atomic E-state index is 10.3. The van der Waals surface area contributed by atoms with Gasteiger partial charge in [0.15, 0.2) is 5.60 Å². The second-order valence-corrected chi connectivity index (χ2v) is 4.62. The van der Waals surface area contributed by atoms with E-state index in [1.54, 1.807) is 18.7 Å². The Morgan fingerprint density at radius 1 is 1.17 bits per heavy atom. The molecule has 12 heteroatoms. The Balaban J connectivity index is 0. The number of hydrogen-bond acceptors (Lipinski definition) is 8. The summed E-state index contributed by atoms with van der Waals surface area (Å²) < 4.78 is 0. The van der Waals surface area contributed by atoms with Gasteiger partial charge in [-0.15, -0.1) is 0 Å². The van der Waals surface area contributed by atoms with Crippen molar-refractivity contribution in [2.24, 2.45) is 0 Å². The molecule has 7 N–H and O–H groups in total. The molecule has 11 nitrogen and oxygen atoms in total. The van der Waals surface area contributed by atoms with E-state index in [1.165, 1.54) is 0 Å². The highest BCUT2D eigenvalue weighted by molar-refractivity contribution is 7.80. The topological polar surface area (TPSA) is 201 Å². The first-order valence-corrected chi connectivity index (χ1v) is 6.94. The van der Waals surface area contributed by atoms with E-state index in [0.717, 1.165) is 0 Å². The number of H-pyrrole nitrogens is 1. The Labute approximate surface area is 142 Å². The van der Waals surface area contributed by atoms with Crippen molar-refractivity contribution < 1.29 is 45.0 Å². The Bertz CT molecular complexity index is 444. The molecule has 0 aliphatic rings. The number of carbonyl (C=O) groups is 3. The molecule has 0 radical (unpaired) electrons. The molecular formula is C12H20N2O9S. The summed E-state index contributed by atoms with van der Waals surface area (Å²) in [6.07, 6.45) is 2.15. The summed E-state index contributed by atoms with van der Waals surface area (Å²) in [5.41, 5.74) is -2.74. The number of hydrogen-bond donors (Lipinski definition) is 8. The molecule has 0 aliphatic heterocycles. The second kappa shape index (κ2) is 13.3. The Morgan fingerprint density at radius 2 is 1.67 bits per heavy atom. The normalized spacial score (nSPS) is 11.2. The van der Waals surface area contributed by atoms with Crippen LogP contribution in [0.25, 0.3) is 0 Å². The highest BCUT2D eigenvalue weighted by Gasteiger charge is 2.40. The number of aliphatic hydroxyl groups is 3. The number of aliphatic carboxylic acids is 3. The van der Waals surface area contributed by atoms with Gasteiger partial charge in [0.1, 0.15) is 0 Å². The van der Waals surface area contributed by atoms with E-state index in [0.29, 0.717) is 5.75 Å². The van der Waals surface area contributed by atoms with Crippen LogP contribution in [0.1, 0.15) is 12.8 Å². The van der Waals surface area contributed by atoms with Gasteiger partial charge in [-0.05, 0) is 0 Å². The fourth-order valence-electron chi connectivity index (χ4n) is 0.987. The third-order valence-corrected chi connectivity index (χ3v) is 2.53. The van der Waals surface area contributed by atoms with Gasteiger partial charge < -0.3 is 35.6 Å². The Kier molecular flexibility index (Phi) is 13.4. The molecule has 0 aliphatic carbocycles. The van der Waals surface area contributed by atoms with Crippen molar-refractivity contribution in [2.45, 2.75) is 24.5 Å². The lowest BCUT2D eigenvalue weighted by Gasteiger charge is -2.18. The quantitative estimate of drug-likeness (QED) is 0.260. The van der Waals surface area contributed by atoms with E-state index in [-0.39, 0.29) is 6.61 Å². The standard InChI is InChI=1S/C6H8O7.C3H4N2.C3H8O2S/c7-3(8)1-6(13,5(11)12)2-4(9)10;1-2-5-3-4-1;4-1-3(5)2-6/h13H,1-2H2,(H,7,8)(H,9,10)(H,11,12);1-3H,(H,4,5);3-6H,1-2H2. The van der Waals surface area contributed by atoms with Gasteiger partial charge in [-0.2, -0.15) is 12.6 Å². The zero-order valence-electron chi connectivity index (χ0n) is 12.4. The lowest BCUT2D eigenvalue weighted by Crippen LogP contribution is -2.42. The van der Waals surface area contributed by atoms with Crippen molar-refractivity contribution in [3.05, 3.63) is 18.7 Å². The molecule has 0 fully saturated rings. The minimum absolute atomic E-state index is 0.191. The molecule has 1 atom stereocenters. The number of nitrogens with zero attached hydrogens (tertiary/aromatic N) is 1. The summed E-state index contributed by atoms with van der Waals surface area (Å²) in [6.45, 7) is -0.191. The van der Waals surface area contributed by atoms with Gasteiger partial charge in [-0.3, -0.25) is 9.59 Å². The van der Waals surface area contributed by atoms with Crippen LogP contribution in [0.4, 0.5) is 0 Å². The minimum Gasteiger partial charge on any atom is -0.481 e. The van der Waals surface area contributed by atoms with E-state index >= 15 is 0 Å². The smallest absolute Gasteiger partial charge is 0.336 e. The van der Waals surface area contributed by atoms with Crippen molar-refractivity contribution in [3.63, 3.8) is 0 Å². The van der Waals surface area contributed by atoms with Crippen LogP contribution in [-0.4, -0.2) is 82.6 Å². The lowest BCUT2D eigenvalue weighted by molar-refractivity contribution is -0.170. The van der Waals surface area contributed by atoms with Crippen LogP contribution in [0, 0.1) is 0 Å². The van der Waals surface area contributed by atoms with Crippen molar-refractivity contribution in [2.75, 3.05) is 12.4 Å². The van der Waals surface area contributed by atoms with Gasteiger partial charge in [-0.25, -0.2) is 9.78 Å². The summed E-state index contributed by atoms with van der Waals surface area (Å²) >= 11 is 3.69. The first kappa shape index (κ1) is 24.1. The van der Waals surface area contributed by atoms with Crippen molar-refractivity contribution in [1.82, 2.24) is 9.97 Å². The number of rotatable bonds is 7. The number of nitrogens with one attached hydrogen (secondary N) is 1. The van der Waals surface area contributed by atoms with Crippen LogP contribution in [0.3, 0.4) is 0 Å². The molecule has 24 heavy (non-hydrogen) atoms. The van der Waals surface area contributed by atoms with Crippen LogP contribution >= 0.6 is 12.6 Å². The van der Waals surface area contributed by atoms with Gasteiger partial charge in [0.05, 0.1) is 31.9 Å². The number of thiol groups is 1. The zero-order chi connectivity index (χ0) is 19.2. The van der Waals surface area contributed by atoms with E-state index in [9.17, 15) is 14.4 Å². The van der Waals surface area contributed by atoms with Gasteiger partial charge in [0.25, 0.3) is 0 Å². The zero-order valence-corrected chi connectivity index (χ0v) is 13.3. The largest absolute Gasteiger partial charge is 0.481 e. The van der Waals surface area contributed by atoms with Crippen LogP contribution in [0.2, 0.25) is 0 Å². The van der Waals surface area contributed by atoms with Crippen LogP contribution in [0.5, 0.6) is 0 Å². The molecule has 0 spiro atoms. The predicted molar refractivity (Wildman–Crippen MR) is 82.6 cm³/mol. The van der Waals surface area contributed by atoms with Crippen molar-refractivity contribution in [1.29, 1.82) is 0 Å². The number of carboxylic acid groups (broad SMARTS) is 3. The third kappa shape index (κ3) is 13.5. The van der Waals surface area contributed by atoms with Gasteiger partial charge in [-0.1, -0.05) is 0 Å². The molecule has 1 aromatic heterocycles. The molecule has 1 aromatic rings. The maximum absolute atomic E-state index is 10.3. The monoisotopic (exact) mass is 368 g/mol. The fourth-order valence-corrected chi connectivity index (χ4v) is 1.10. The summed E-state index contributed by atoms with van der Waals surface area (Å²) in [4.78, 5) is 36.9. The van der Waals surface area contributed by atoms with Gasteiger partial charge in [0, 0.05) is 18.1 Å². The van der Waals surface area contributed by atoms with Crippen molar-refractivity contribution >= 4 is 30.5 Å². The molecule has 1 heterocycles. The molecule has 1 unspecified atom stereocenters. The Hall–Kier alpha value is -2.15. The molecule has 0 bridgehead atoms. The molecule has 0 saturated carbocycles. The van der Waals surface area contributed by atoms with E-state index in [4.69, 9.17) is 30.6 Å². The summed E-state index contributed by atoms with van der Waals surface area (Å²) in [6, 6.07) is 0. The van der Waals surface area contributed by atoms with E-state index in [1.807, 2.05) is 0 Å². The fraction of sp³-hybridized carbons (Fsp3) is 0.500. The number of imidazole rings is 1. The molecule has 138 valence electrons. The maximum Gasteiger partial charge on any atom is 0.336 e.